The van der Waals surface area contributed by atoms with Gasteiger partial charge >= 0.3 is 5.97 Å². The van der Waals surface area contributed by atoms with Crippen LogP contribution in [0.25, 0.3) is 0 Å². The first-order valence-electron chi connectivity index (χ1n) is 7.71. The number of carbonyl (C=O) groups excluding carboxylic acids is 2. The molecule has 6 nitrogen and oxygen atoms in total. The van der Waals surface area contributed by atoms with Crippen LogP contribution < -0.4 is 14.8 Å². The molecule has 132 valence electrons. The van der Waals surface area contributed by atoms with Crippen molar-refractivity contribution < 1.29 is 23.8 Å². The van der Waals surface area contributed by atoms with Gasteiger partial charge in [-0.1, -0.05) is 6.07 Å². The number of carbonyl (C=O) groups is 2. The lowest BCUT2D eigenvalue weighted by Gasteiger charge is -2.10. The fraction of sp³-hybridized carbons (Fsp3) is 0.263. The molecule has 0 spiro atoms. The van der Waals surface area contributed by atoms with E-state index in [1.54, 1.807) is 18.2 Å². The minimum absolute atomic E-state index is 0.275. The summed E-state index contributed by atoms with van der Waals surface area (Å²) in [6.45, 7) is 3.58. The minimum atomic E-state index is -0.615. The third-order valence-electron chi connectivity index (χ3n) is 3.74. The summed E-state index contributed by atoms with van der Waals surface area (Å²) in [6.07, 6.45) is 0. The summed E-state index contributed by atoms with van der Waals surface area (Å²) < 4.78 is 15.3. The quantitative estimate of drug-likeness (QED) is 0.816. The van der Waals surface area contributed by atoms with Crippen LogP contribution >= 0.6 is 0 Å². The maximum atomic E-state index is 12.1. The lowest BCUT2D eigenvalue weighted by Crippen LogP contribution is -2.21. The van der Waals surface area contributed by atoms with Crippen molar-refractivity contribution in [3.8, 4) is 11.5 Å². The first-order valence-corrected chi connectivity index (χ1v) is 7.71. The Bertz CT molecular complexity index is 785. The zero-order chi connectivity index (χ0) is 18.4. The van der Waals surface area contributed by atoms with Crippen molar-refractivity contribution in [1.29, 1.82) is 0 Å². The predicted molar refractivity (Wildman–Crippen MR) is 94.4 cm³/mol. The van der Waals surface area contributed by atoms with Gasteiger partial charge in [-0.15, -0.1) is 0 Å². The standard InChI is InChI=1S/C19H21NO5/c1-12-5-7-15(9-13(12)2)20-18(21)11-25-19(22)14-6-8-16(23-3)17(10-14)24-4/h5-10H,11H2,1-4H3,(H,20,21). The Morgan fingerprint density at radius 3 is 2.28 bits per heavy atom. The first-order chi connectivity index (χ1) is 11.9. The number of hydrogen-bond acceptors (Lipinski definition) is 5. The van der Waals surface area contributed by atoms with Crippen molar-refractivity contribution in [3.05, 3.63) is 53.1 Å². The van der Waals surface area contributed by atoms with Crippen LogP contribution in [0.1, 0.15) is 21.5 Å². The normalized spacial score (nSPS) is 10.1. The highest BCUT2D eigenvalue weighted by molar-refractivity contribution is 5.95. The molecule has 2 aromatic rings. The smallest absolute Gasteiger partial charge is 0.338 e. The summed E-state index contributed by atoms with van der Waals surface area (Å²) in [5, 5.41) is 2.70. The Hall–Kier alpha value is -3.02. The zero-order valence-electron chi connectivity index (χ0n) is 14.7. The van der Waals surface area contributed by atoms with Gasteiger partial charge in [-0.2, -0.15) is 0 Å². The van der Waals surface area contributed by atoms with Crippen LogP contribution in [0.3, 0.4) is 0 Å². The Morgan fingerprint density at radius 2 is 1.64 bits per heavy atom. The van der Waals surface area contributed by atoms with Crippen molar-refractivity contribution in [1.82, 2.24) is 0 Å². The summed E-state index contributed by atoms with van der Waals surface area (Å²) in [5.41, 5.74) is 3.14. The molecule has 6 heteroatoms. The van der Waals surface area contributed by atoms with Gasteiger partial charge in [0.15, 0.2) is 18.1 Å². The topological polar surface area (TPSA) is 73.9 Å². The Balaban J connectivity index is 1.94. The van der Waals surface area contributed by atoms with E-state index < -0.39 is 11.9 Å². The number of hydrogen-bond donors (Lipinski definition) is 1. The molecule has 0 heterocycles. The van der Waals surface area contributed by atoms with Gasteiger partial charge in [0.25, 0.3) is 5.91 Å². The second-order valence-corrected chi connectivity index (χ2v) is 5.49. The molecule has 25 heavy (non-hydrogen) atoms. The number of nitrogens with one attached hydrogen (secondary N) is 1. The Kier molecular flexibility index (Phi) is 6.00. The number of aryl methyl sites for hydroxylation is 2. The molecule has 1 N–H and O–H groups in total. The molecule has 0 unspecified atom stereocenters. The molecule has 0 aliphatic heterocycles. The lowest BCUT2D eigenvalue weighted by molar-refractivity contribution is -0.119. The van der Waals surface area contributed by atoms with Crippen LogP contribution in [0, 0.1) is 13.8 Å². The monoisotopic (exact) mass is 343 g/mol. The largest absolute Gasteiger partial charge is 0.493 e. The van der Waals surface area contributed by atoms with Crippen LogP contribution in [0.5, 0.6) is 11.5 Å². The third kappa shape index (κ3) is 4.73. The maximum absolute atomic E-state index is 12.1. The van der Waals surface area contributed by atoms with Crippen LogP contribution in [0.2, 0.25) is 0 Å². The molecule has 0 bridgehead atoms. The molecule has 0 atom stereocenters. The highest BCUT2D eigenvalue weighted by atomic mass is 16.5. The Labute approximate surface area is 146 Å². The summed E-state index contributed by atoms with van der Waals surface area (Å²) in [4.78, 5) is 24.0. The molecule has 0 radical (unpaired) electrons. The summed E-state index contributed by atoms with van der Waals surface area (Å²) in [6, 6.07) is 10.2. The van der Waals surface area contributed by atoms with E-state index in [1.165, 1.54) is 20.3 Å². The molecule has 1 amide bonds. The third-order valence-corrected chi connectivity index (χ3v) is 3.74. The number of esters is 1. The summed E-state index contributed by atoms with van der Waals surface area (Å²) in [5.74, 6) is -0.101. The molecule has 2 rings (SSSR count). The zero-order valence-corrected chi connectivity index (χ0v) is 14.7. The van der Waals surface area contributed by atoms with Gasteiger partial charge in [0.05, 0.1) is 19.8 Å². The molecule has 0 saturated carbocycles. The molecule has 0 fully saturated rings. The van der Waals surface area contributed by atoms with Crippen molar-refractivity contribution >= 4 is 17.6 Å². The van der Waals surface area contributed by atoms with Gasteiger partial charge in [-0.3, -0.25) is 4.79 Å². The average Bonchev–Trinajstić information content (AvgIpc) is 2.62. The second-order valence-electron chi connectivity index (χ2n) is 5.49. The van der Waals surface area contributed by atoms with Gasteiger partial charge in [-0.05, 0) is 55.3 Å². The summed E-state index contributed by atoms with van der Waals surface area (Å²) >= 11 is 0. The lowest BCUT2D eigenvalue weighted by atomic mass is 10.1. The van der Waals surface area contributed by atoms with Gasteiger partial charge in [0.1, 0.15) is 0 Å². The Morgan fingerprint density at radius 1 is 0.920 bits per heavy atom. The maximum Gasteiger partial charge on any atom is 0.338 e. The second kappa shape index (κ2) is 8.19. The molecule has 0 aliphatic rings. The fourth-order valence-corrected chi connectivity index (χ4v) is 2.19. The highest BCUT2D eigenvalue weighted by Gasteiger charge is 2.14. The molecule has 0 saturated heterocycles. The van der Waals surface area contributed by atoms with Crippen LogP contribution in [-0.4, -0.2) is 32.7 Å². The van der Waals surface area contributed by atoms with Crippen molar-refractivity contribution in [3.63, 3.8) is 0 Å². The van der Waals surface area contributed by atoms with Crippen molar-refractivity contribution in [2.45, 2.75) is 13.8 Å². The van der Waals surface area contributed by atoms with Gasteiger partial charge in [-0.25, -0.2) is 4.79 Å². The number of ether oxygens (including phenoxy) is 3. The highest BCUT2D eigenvalue weighted by Crippen LogP contribution is 2.27. The molecular weight excluding hydrogens is 322 g/mol. The van der Waals surface area contributed by atoms with E-state index >= 15 is 0 Å². The van der Waals surface area contributed by atoms with Crippen molar-refractivity contribution in [2.24, 2.45) is 0 Å². The van der Waals surface area contributed by atoms with E-state index in [2.05, 4.69) is 5.32 Å². The van der Waals surface area contributed by atoms with E-state index in [0.717, 1.165) is 11.1 Å². The number of methoxy groups -OCH3 is 2. The van der Waals surface area contributed by atoms with Crippen LogP contribution in [0.15, 0.2) is 36.4 Å². The number of benzene rings is 2. The first kappa shape index (κ1) is 18.3. The van der Waals surface area contributed by atoms with E-state index in [4.69, 9.17) is 14.2 Å². The molecule has 0 aromatic heterocycles. The fourth-order valence-electron chi connectivity index (χ4n) is 2.19. The predicted octanol–water partition coefficient (Wildman–Crippen LogP) is 3.12. The van der Waals surface area contributed by atoms with Gasteiger partial charge in [0, 0.05) is 5.69 Å². The SMILES string of the molecule is COc1ccc(C(=O)OCC(=O)Nc2ccc(C)c(C)c2)cc1OC. The van der Waals surface area contributed by atoms with E-state index in [1.807, 2.05) is 26.0 Å². The average molecular weight is 343 g/mol. The summed E-state index contributed by atoms with van der Waals surface area (Å²) in [7, 11) is 2.98. The van der Waals surface area contributed by atoms with E-state index in [0.29, 0.717) is 17.2 Å². The molecule has 0 aliphatic carbocycles. The van der Waals surface area contributed by atoms with Gasteiger partial charge in [0.2, 0.25) is 0 Å². The number of rotatable bonds is 6. The van der Waals surface area contributed by atoms with Gasteiger partial charge < -0.3 is 19.5 Å². The van der Waals surface area contributed by atoms with Crippen LogP contribution in [0.4, 0.5) is 5.69 Å². The van der Waals surface area contributed by atoms with Crippen molar-refractivity contribution in [2.75, 3.05) is 26.1 Å². The van der Waals surface area contributed by atoms with Crippen LogP contribution in [-0.2, 0) is 9.53 Å². The molecular formula is C19H21NO5. The number of amides is 1. The minimum Gasteiger partial charge on any atom is -0.493 e. The van der Waals surface area contributed by atoms with E-state index in [-0.39, 0.29) is 12.2 Å². The number of anilines is 1. The molecule has 2 aromatic carbocycles. The van der Waals surface area contributed by atoms with E-state index in [9.17, 15) is 9.59 Å².